The first-order valence-corrected chi connectivity index (χ1v) is 5.95. The second-order valence-corrected chi connectivity index (χ2v) is 4.66. The van der Waals surface area contributed by atoms with Crippen LogP contribution >= 0.6 is 0 Å². The fourth-order valence-electron chi connectivity index (χ4n) is 2.54. The van der Waals surface area contributed by atoms with Crippen molar-refractivity contribution in [2.75, 3.05) is 26.2 Å². The smallest absolute Gasteiger partial charge is 0.282 e. The van der Waals surface area contributed by atoms with Gasteiger partial charge in [0, 0.05) is 6.54 Å². The molecule has 0 saturated carbocycles. The molecule has 1 fully saturated rings. The Morgan fingerprint density at radius 2 is 2.33 bits per heavy atom. The van der Waals surface area contributed by atoms with Crippen molar-refractivity contribution in [3.8, 4) is 0 Å². The summed E-state index contributed by atoms with van der Waals surface area (Å²) in [6, 6.07) is 0.388. The number of hydrogen-bond donors (Lipinski definition) is 1. The average molecular weight is 211 g/mol. The predicted octanol–water partition coefficient (Wildman–Crippen LogP) is 0.966. The van der Waals surface area contributed by atoms with E-state index in [9.17, 15) is 0 Å². The van der Waals surface area contributed by atoms with Crippen molar-refractivity contribution in [3.63, 3.8) is 0 Å². The van der Waals surface area contributed by atoms with E-state index in [2.05, 4.69) is 16.8 Å². The molecule has 0 bridgehead atoms. The number of nitrogens with zero attached hydrogens (tertiary/aromatic N) is 2. The van der Waals surface area contributed by atoms with Crippen molar-refractivity contribution in [1.82, 2.24) is 4.90 Å². The van der Waals surface area contributed by atoms with Crippen LogP contribution in [0.2, 0.25) is 0 Å². The van der Waals surface area contributed by atoms with Gasteiger partial charge in [0.15, 0.2) is 0 Å². The van der Waals surface area contributed by atoms with Gasteiger partial charge in [-0.15, -0.1) is 0 Å². The van der Waals surface area contributed by atoms with Crippen molar-refractivity contribution in [2.45, 2.75) is 38.1 Å². The summed E-state index contributed by atoms with van der Waals surface area (Å²) in [7, 11) is 0. The summed E-state index contributed by atoms with van der Waals surface area (Å²) in [5, 5.41) is 0. The van der Waals surface area contributed by atoms with Crippen molar-refractivity contribution < 1.29 is 4.74 Å². The molecule has 0 aliphatic carbocycles. The van der Waals surface area contributed by atoms with E-state index in [1.54, 1.807) is 0 Å². The molecule has 0 radical (unpaired) electrons. The second-order valence-electron chi connectivity index (χ2n) is 4.66. The molecule has 2 aliphatic rings. The van der Waals surface area contributed by atoms with Crippen LogP contribution in [0.25, 0.3) is 0 Å². The van der Waals surface area contributed by atoms with Gasteiger partial charge in [0.2, 0.25) is 0 Å². The summed E-state index contributed by atoms with van der Waals surface area (Å²) in [4.78, 5) is 7.01. The van der Waals surface area contributed by atoms with Crippen LogP contribution in [-0.2, 0) is 4.74 Å². The minimum absolute atomic E-state index is 0.00652. The molecule has 2 N–H and O–H groups in total. The quantitative estimate of drug-likeness (QED) is 0.740. The molecule has 0 aromatic rings. The molecule has 1 saturated heterocycles. The molecule has 4 heteroatoms. The van der Waals surface area contributed by atoms with Gasteiger partial charge in [0.05, 0.1) is 0 Å². The molecule has 0 aromatic heterocycles. The van der Waals surface area contributed by atoms with E-state index in [-0.39, 0.29) is 5.54 Å². The number of likely N-dealkylation sites (tertiary alicyclic amines) is 1. The van der Waals surface area contributed by atoms with Crippen molar-refractivity contribution in [2.24, 2.45) is 10.7 Å². The Bertz CT molecular complexity index is 254. The van der Waals surface area contributed by atoms with Crippen LogP contribution in [0.1, 0.15) is 32.6 Å². The first-order valence-electron chi connectivity index (χ1n) is 5.95. The van der Waals surface area contributed by atoms with Gasteiger partial charge < -0.3 is 15.4 Å². The highest BCUT2D eigenvalue weighted by atomic mass is 16.5. The summed E-state index contributed by atoms with van der Waals surface area (Å²) in [5.41, 5.74) is 5.61. The van der Waals surface area contributed by atoms with Gasteiger partial charge in [-0.25, -0.2) is 4.99 Å². The van der Waals surface area contributed by atoms with E-state index in [1.807, 2.05) is 0 Å². The largest absolute Gasteiger partial charge is 0.463 e. The standard InChI is InChI=1S/C11H21N3O/c1-2-6-14-7-3-4-11(5-8-14)9-15-10(12)13-11/h2-9H2,1H3,(H2,12,13). The molecule has 0 amide bonds. The zero-order chi connectivity index (χ0) is 10.7. The molecule has 15 heavy (non-hydrogen) atoms. The SMILES string of the molecule is CCCN1CCCC2(CC1)COC(N)=N2. The third kappa shape index (κ3) is 2.43. The monoisotopic (exact) mass is 211 g/mol. The lowest BCUT2D eigenvalue weighted by Gasteiger charge is -2.22. The number of hydrogen-bond acceptors (Lipinski definition) is 4. The van der Waals surface area contributed by atoms with E-state index in [1.165, 1.54) is 25.9 Å². The molecule has 1 spiro atoms. The van der Waals surface area contributed by atoms with Crippen LogP contribution < -0.4 is 5.73 Å². The number of rotatable bonds is 2. The highest BCUT2D eigenvalue weighted by molar-refractivity contribution is 5.73. The maximum Gasteiger partial charge on any atom is 0.282 e. The van der Waals surface area contributed by atoms with Gasteiger partial charge >= 0.3 is 0 Å². The fraction of sp³-hybridized carbons (Fsp3) is 0.909. The Hall–Kier alpha value is -0.770. The molecule has 2 aliphatic heterocycles. The predicted molar refractivity (Wildman–Crippen MR) is 60.9 cm³/mol. The molecule has 86 valence electrons. The van der Waals surface area contributed by atoms with E-state index in [0.717, 1.165) is 19.4 Å². The normalized spacial score (nSPS) is 32.5. The van der Waals surface area contributed by atoms with Crippen LogP contribution in [-0.4, -0.2) is 42.7 Å². The summed E-state index contributed by atoms with van der Waals surface area (Å²) < 4.78 is 5.31. The maximum atomic E-state index is 5.60. The van der Waals surface area contributed by atoms with Crippen LogP contribution in [0.5, 0.6) is 0 Å². The molecular formula is C11H21N3O. The Morgan fingerprint density at radius 1 is 1.47 bits per heavy atom. The van der Waals surface area contributed by atoms with E-state index in [4.69, 9.17) is 10.5 Å². The molecule has 1 unspecified atom stereocenters. The van der Waals surface area contributed by atoms with Crippen LogP contribution in [0.3, 0.4) is 0 Å². The van der Waals surface area contributed by atoms with E-state index < -0.39 is 0 Å². The van der Waals surface area contributed by atoms with Gasteiger partial charge in [-0.05, 0) is 38.8 Å². The third-order valence-electron chi connectivity index (χ3n) is 3.39. The summed E-state index contributed by atoms with van der Waals surface area (Å²) in [6.07, 6.45) is 4.65. The Morgan fingerprint density at radius 3 is 3.00 bits per heavy atom. The lowest BCUT2D eigenvalue weighted by molar-refractivity contribution is 0.227. The zero-order valence-corrected chi connectivity index (χ0v) is 9.54. The molecule has 4 nitrogen and oxygen atoms in total. The summed E-state index contributed by atoms with van der Waals surface area (Å²) in [5.74, 6) is 0. The Labute approximate surface area is 91.5 Å². The molecular weight excluding hydrogens is 190 g/mol. The minimum atomic E-state index is 0.00652. The average Bonchev–Trinajstić information content (AvgIpc) is 2.45. The summed E-state index contributed by atoms with van der Waals surface area (Å²) in [6.45, 7) is 6.46. The lowest BCUT2D eigenvalue weighted by Crippen LogP contribution is -2.31. The second kappa shape index (κ2) is 4.39. The minimum Gasteiger partial charge on any atom is -0.463 e. The van der Waals surface area contributed by atoms with Gasteiger partial charge in [-0.1, -0.05) is 6.92 Å². The number of amidine groups is 1. The summed E-state index contributed by atoms with van der Waals surface area (Å²) >= 11 is 0. The number of aliphatic imine (C=N–C) groups is 1. The van der Waals surface area contributed by atoms with E-state index in [0.29, 0.717) is 12.6 Å². The first kappa shape index (κ1) is 10.7. The molecule has 0 aromatic carbocycles. The van der Waals surface area contributed by atoms with Gasteiger partial charge in [-0.3, -0.25) is 0 Å². The zero-order valence-electron chi connectivity index (χ0n) is 9.54. The van der Waals surface area contributed by atoms with Crippen molar-refractivity contribution in [1.29, 1.82) is 0 Å². The Kier molecular flexibility index (Phi) is 3.14. The molecule has 2 heterocycles. The number of ether oxygens (including phenoxy) is 1. The maximum absolute atomic E-state index is 5.60. The first-order chi connectivity index (χ1) is 7.24. The molecule has 1 atom stereocenters. The Balaban J connectivity index is 1.95. The highest BCUT2D eigenvalue weighted by Gasteiger charge is 2.37. The van der Waals surface area contributed by atoms with Crippen molar-refractivity contribution in [3.05, 3.63) is 0 Å². The van der Waals surface area contributed by atoms with Crippen LogP contribution in [0, 0.1) is 0 Å². The van der Waals surface area contributed by atoms with E-state index >= 15 is 0 Å². The topological polar surface area (TPSA) is 50.9 Å². The van der Waals surface area contributed by atoms with Crippen LogP contribution in [0.15, 0.2) is 4.99 Å². The third-order valence-corrected chi connectivity index (χ3v) is 3.39. The molecule has 2 rings (SSSR count). The van der Waals surface area contributed by atoms with Gasteiger partial charge in [-0.2, -0.15) is 0 Å². The van der Waals surface area contributed by atoms with Crippen LogP contribution in [0.4, 0.5) is 0 Å². The van der Waals surface area contributed by atoms with Gasteiger partial charge in [0.25, 0.3) is 6.02 Å². The van der Waals surface area contributed by atoms with Gasteiger partial charge in [0.1, 0.15) is 12.1 Å². The number of nitrogens with two attached hydrogens (primary N) is 1. The highest BCUT2D eigenvalue weighted by Crippen LogP contribution is 2.30. The fourth-order valence-corrected chi connectivity index (χ4v) is 2.54. The lowest BCUT2D eigenvalue weighted by atomic mass is 9.93. The van der Waals surface area contributed by atoms with Crippen molar-refractivity contribution >= 4 is 6.02 Å².